The molecule has 0 spiro atoms. The first kappa shape index (κ1) is 19.4. The highest BCUT2D eigenvalue weighted by Gasteiger charge is 2.27. The summed E-state index contributed by atoms with van der Waals surface area (Å²) in [6, 6.07) is 6.49. The number of ether oxygens (including phenoxy) is 1. The molecule has 0 radical (unpaired) electrons. The van der Waals surface area contributed by atoms with E-state index in [0.717, 1.165) is 0 Å². The summed E-state index contributed by atoms with van der Waals surface area (Å²) in [6.07, 6.45) is 0.649. The molecule has 0 saturated carbocycles. The number of hydrogen-bond donors (Lipinski definition) is 2. The number of nitrogens with one attached hydrogen (secondary N) is 2. The SMILES string of the molecule is CN=C(NCCN1CCCS1(=O)=O)NCc1ccccc1OC(F)F. The summed E-state index contributed by atoms with van der Waals surface area (Å²) in [5, 5.41) is 6.00. The van der Waals surface area contributed by atoms with Crippen LogP contribution in [0.3, 0.4) is 0 Å². The maximum absolute atomic E-state index is 12.4. The molecule has 1 saturated heterocycles. The first-order chi connectivity index (χ1) is 11.9. The molecule has 1 aliphatic rings. The van der Waals surface area contributed by atoms with Gasteiger partial charge in [0, 0.05) is 38.8 Å². The van der Waals surface area contributed by atoms with Crippen molar-refractivity contribution in [2.24, 2.45) is 4.99 Å². The second-order valence-corrected chi connectivity index (χ2v) is 7.50. The van der Waals surface area contributed by atoms with Gasteiger partial charge in [-0.15, -0.1) is 0 Å². The van der Waals surface area contributed by atoms with Gasteiger partial charge in [-0.05, 0) is 12.5 Å². The Bertz CT molecular complexity index is 698. The normalized spacial score (nSPS) is 17.7. The molecule has 10 heteroatoms. The molecule has 1 aliphatic heterocycles. The van der Waals surface area contributed by atoms with Crippen molar-refractivity contribution in [2.75, 3.05) is 32.4 Å². The van der Waals surface area contributed by atoms with Crippen LogP contribution in [0.25, 0.3) is 0 Å². The van der Waals surface area contributed by atoms with Crippen LogP contribution in [0, 0.1) is 0 Å². The summed E-state index contributed by atoms with van der Waals surface area (Å²) in [7, 11) is -1.55. The van der Waals surface area contributed by atoms with Crippen molar-refractivity contribution in [3.8, 4) is 5.75 Å². The van der Waals surface area contributed by atoms with Crippen molar-refractivity contribution in [1.29, 1.82) is 0 Å². The van der Waals surface area contributed by atoms with Gasteiger partial charge in [0.05, 0.1) is 5.75 Å². The van der Waals surface area contributed by atoms with Crippen molar-refractivity contribution in [1.82, 2.24) is 14.9 Å². The number of guanidine groups is 1. The Balaban J connectivity index is 1.83. The topological polar surface area (TPSA) is 83.0 Å². The monoisotopic (exact) mass is 376 g/mol. The summed E-state index contributed by atoms with van der Waals surface area (Å²) in [5.41, 5.74) is 0.563. The van der Waals surface area contributed by atoms with Crippen molar-refractivity contribution < 1.29 is 21.9 Å². The Morgan fingerprint density at radius 1 is 1.36 bits per heavy atom. The van der Waals surface area contributed by atoms with Crippen LogP contribution in [0.4, 0.5) is 8.78 Å². The third kappa shape index (κ3) is 5.82. The van der Waals surface area contributed by atoms with E-state index in [0.29, 0.717) is 37.6 Å². The summed E-state index contributed by atoms with van der Waals surface area (Å²) in [5.74, 6) is 0.744. The van der Waals surface area contributed by atoms with E-state index in [1.54, 1.807) is 25.2 Å². The van der Waals surface area contributed by atoms with Crippen LogP contribution in [0.1, 0.15) is 12.0 Å². The van der Waals surface area contributed by atoms with Crippen molar-refractivity contribution in [3.63, 3.8) is 0 Å². The zero-order valence-electron chi connectivity index (χ0n) is 13.9. The van der Waals surface area contributed by atoms with Crippen LogP contribution in [-0.2, 0) is 16.6 Å². The molecule has 0 aromatic heterocycles. The molecule has 2 rings (SSSR count). The van der Waals surface area contributed by atoms with E-state index in [4.69, 9.17) is 0 Å². The molecule has 1 heterocycles. The zero-order valence-corrected chi connectivity index (χ0v) is 14.7. The van der Waals surface area contributed by atoms with Gasteiger partial charge in [-0.1, -0.05) is 18.2 Å². The molecular formula is C15H22F2N4O3S. The third-order valence-corrected chi connectivity index (χ3v) is 5.67. The second-order valence-electron chi connectivity index (χ2n) is 5.41. The average Bonchev–Trinajstić information content (AvgIpc) is 2.90. The van der Waals surface area contributed by atoms with Crippen LogP contribution in [0.15, 0.2) is 29.3 Å². The maximum Gasteiger partial charge on any atom is 0.387 e. The molecule has 2 N–H and O–H groups in total. The van der Waals surface area contributed by atoms with Crippen molar-refractivity contribution in [3.05, 3.63) is 29.8 Å². The van der Waals surface area contributed by atoms with Gasteiger partial charge in [0.1, 0.15) is 5.75 Å². The lowest BCUT2D eigenvalue weighted by Crippen LogP contribution is -2.41. The Morgan fingerprint density at radius 2 is 2.12 bits per heavy atom. The number of rotatable bonds is 7. The van der Waals surface area contributed by atoms with E-state index >= 15 is 0 Å². The molecule has 0 aliphatic carbocycles. The molecule has 0 bridgehead atoms. The van der Waals surface area contributed by atoms with E-state index in [1.165, 1.54) is 10.4 Å². The Morgan fingerprint density at radius 3 is 2.76 bits per heavy atom. The molecular weight excluding hydrogens is 354 g/mol. The molecule has 1 aromatic carbocycles. The minimum absolute atomic E-state index is 0.101. The number of hydrogen-bond acceptors (Lipinski definition) is 4. The largest absolute Gasteiger partial charge is 0.434 e. The lowest BCUT2D eigenvalue weighted by atomic mass is 10.2. The lowest BCUT2D eigenvalue weighted by Gasteiger charge is -2.17. The molecule has 1 aromatic rings. The van der Waals surface area contributed by atoms with Gasteiger partial charge < -0.3 is 15.4 Å². The van der Waals surface area contributed by atoms with E-state index < -0.39 is 16.6 Å². The number of halogens is 2. The third-order valence-electron chi connectivity index (χ3n) is 3.72. The second kappa shape index (κ2) is 8.95. The molecule has 140 valence electrons. The summed E-state index contributed by atoms with van der Waals surface area (Å²) < 4.78 is 54.2. The van der Waals surface area contributed by atoms with Gasteiger partial charge in [0.15, 0.2) is 5.96 Å². The average molecular weight is 376 g/mol. The Labute approximate surface area is 146 Å². The minimum Gasteiger partial charge on any atom is -0.434 e. The highest BCUT2D eigenvalue weighted by Crippen LogP contribution is 2.19. The zero-order chi connectivity index (χ0) is 18.3. The van der Waals surface area contributed by atoms with Gasteiger partial charge >= 0.3 is 6.61 Å². The van der Waals surface area contributed by atoms with Gasteiger partial charge in [-0.3, -0.25) is 4.99 Å². The number of aliphatic imine (C=N–C) groups is 1. The van der Waals surface area contributed by atoms with E-state index in [-0.39, 0.29) is 18.0 Å². The van der Waals surface area contributed by atoms with E-state index in [1.807, 2.05) is 0 Å². The quantitative estimate of drug-likeness (QED) is 0.548. The predicted molar refractivity (Wildman–Crippen MR) is 91.3 cm³/mol. The van der Waals surface area contributed by atoms with Gasteiger partial charge in [0.25, 0.3) is 0 Å². The van der Waals surface area contributed by atoms with E-state index in [9.17, 15) is 17.2 Å². The van der Waals surface area contributed by atoms with Crippen LogP contribution in [0.5, 0.6) is 5.75 Å². The summed E-state index contributed by atoms with van der Waals surface area (Å²) >= 11 is 0. The van der Waals surface area contributed by atoms with Crippen LogP contribution in [0.2, 0.25) is 0 Å². The van der Waals surface area contributed by atoms with Crippen molar-refractivity contribution >= 4 is 16.0 Å². The number of sulfonamides is 1. The first-order valence-electron chi connectivity index (χ1n) is 7.87. The van der Waals surface area contributed by atoms with Crippen LogP contribution >= 0.6 is 0 Å². The minimum atomic E-state index is -3.12. The number of benzene rings is 1. The molecule has 0 amide bonds. The summed E-state index contributed by atoms with van der Waals surface area (Å²) in [6.45, 7) is -1.36. The molecule has 7 nitrogen and oxygen atoms in total. The molecule has 0 unspecified atom stereocenters. The van der Waals surface area contributed by atoms with Gasteiger partial charge in [0.2, 0.25) is 10.0 Å². The highest BCUT2D eigenvalue weighted by molar-refractivity contribution is 7.89. The number of nitrogens with zero attached hydrogens (tertiary/aromatic N) is 2. The molecule has 0 atom stereocenters. The summed E-state index contributed by atoms with van der Waals surface area (Å²) in [4.78, 5) is 4.03. The van der Waals surface area contributed by atoms with Crippen LogP contribution < -0.4 is 15.4 Å². The highest BCUT2D eigenvalue weighted by atomic mass is 32.2. The first-order valence-corrected chi connectivity index (χ1v) is 9.48. The van der Waals surface area contributed by atoms with Crippen molar-refractivity contribution in [2.45, 2.75) is 19.6 Å². The molecule has 1 fully saturated rings. The Hall–Kier alpha value is -1.94. The number of para-hydroxylation sites is 1. The van der Waals surface area contributed by atoms with Gasteiger partial charge in [-0.25, -0.2) is 12.7 Å². The van der Waals surface area contributed by atoms with Gasteiger partial charge in [-0.2, -0.15) is 8.78 Å². The predicted octanol–water partition coefficient (Wildman–Crippen LogP) is 0.989. The fourth-order valence-corrected chi connectivity index (χ4v) is 4.03. The smallest absolute Gasteiger partial charge is 0.387 e. The number of alkyl halides is 2. The maximum atomic E-state index is 12.4. The standard InChI is InChI=1S/C15H22F2N4O3S/c1-18-15(19-7-9-21-8-4-10-25(21,22)23)20-11-12-5-2-3-6-13(12)24-14(16)17/h2-3,5-6,14H,4,7-11H2,1H3,(H2,18,19,20). The Kier molecular flexibility index (Phi) is 6.94. The van der Waals surface area contributed by atoms with E-state index in [2.05, 4.69) is 20.4 Å². The lowest BCUT2D eigenvalue weighted by molar-refractivity contribution is -0.0504. The fraction of sp³-hybridized carbons (Fsp3) is 0.533. The fourth-order valence-electron chi connectivity index (χ4n) is 2.50. The molecule has 25 heavy (non-hydrogen) atoms. The van der Waals surface area contributed by atoms with Crippen LogP contribution in [-0.4, -0.2) is 57.7 Å².